The van der Waals surface area contributed by atoms with E-state index < -0.39 is 0 Å². The Hall–Kier alpha value is -1.85. The number of rotatable bonds is 5. The first-order valence-corrected chi connectivity index (χ1v) is 4.68. The molecule has 0 spiro atoms. The molecule has 0 aliphatic rings. The number of amides is 2. The molecule has 0 saturated heterocycles. The average molecular weight is 210 g/mol. The van der Waals surface area contributed by atoms with Gasteiger partial charge in [0, 0.05) is 31.9 Å². The van der Waals surface area contributed by atoms with Gasteiger partial charge < -0.3 is 10.6 Å². The summed E-state index contributed by atoms with van der Waals surface area (Å²) in [6.45, 7) is 2.32. The van der Waals surface area contributed by atoms with Gasteiger partial charge in [0.25, 0.3) is 0 Å². The Kier molecular flexibility index (Phi) is 4.33. The number of nitrogens with one attached hydrogen (secondary N) is 3. The molecule has 0 unspecified atom stereocenters. The zero-order valence-corrected chi connectivity index (χ0v) is 8.54. The molecule has 0 saturated carbocycles. The minimum absolute atomic E-state index is 0.0930. The summed E-state index contributed by atoms with van der Waals surface area (Å²) < 4.78 is 0. The summed E-state index contributed by atoms with van der Waals surface area (Å²) >= 11 is 0. The molecule has 1 aromatic heterocycles. The Morgan fingerprint density at radius 3 is 2.73 bits per heavy atom. The Labute approximate surface area is 87.4 Å². The lowest BCUT2D eigenvalue weighted by molar-refractivity contribution is -0.121. The fraction of sp³-hybridized carbons (Fsp3) is 0.444. The van der Waals surface area contributed by atoms with Crippen LogP contribution in [0.4, 0.5) is 0 Å². The van der Waals surface area contributed by atoms with Crippen molar-refractivity contribution in [3.05, 3.63) is 18.0 Å². The third-order valence-corrected chi connectivity index (χ3v) is 1.73. The molecule has 1 aromatic rings. The van der Waals surface area contributed by atoms with Crippen LogP contribution in [0, 0.1) is 0 Å². The third-order valence-electron chi connectivity index (χ3n) is 1.73. The molecule has 0 atom stereocenters. The average Bonchev–Trinajstić information content (AvgIpc) is 2.64. The molecule has 0 fully saturated rings. The van der Waals surface area contributed by atoms with Gasteiger partial charge in [0.2, 0.25) is 11.8 Å². The van der Waals surface area contributed by atoms with E-state index >= 15 is 0 Å². The first-order valence-electron chi connectivity index (χ1n) is 4.68. The molecule has 1 rings (SSSR count). The van der Waals surface area contributed by atoms with E-state index in [0.717, 1.165) is 5.69 Å². The molecular weight excluding hydrogens is 196 g/mol. The molecule has 3 N–H and O–H groups in total. The van der Waals surface area contributed by atoms with Gasteiger partial charge in [-0.3, -0.25) is 14.7 Å². The van der Waals surface area contributed by atoms with Crippen LogP contribution in [0.3, 0.4) is 0 Å². The Morgan fingerprint density at radius 1 is 1.40 bits per heavy atom. The van der Waals surface area contributed by atoms with E-state index in [1.807, 2.05) is 0 Å². The second-order valence-electron chi connectivity index (χ2n) is 3.09. The smallest absolute Gasteiger partial charge is 0.226 e. The number of hydrogen-bond donors (Lipinski definition) is 3. The van der Waals surface area contributed by atoms with Crippen LogP contribution in [0.15, 0.2) is 12.3 Å². The minimum atomic E-state index is -0.0992. The third kappa shape index (κ3) is 4.80. The van der Waals surface area contributed by atoms with Crippen molar-refractivity contribution in [3.8, 4) is 0 Å². The van der Waals surface area contributed by atoms with Crippen LogP contribution in [0.25, 0.3) is 0 Å². The minimum Gasteiger partial charge on any atom is -0.355 e. The first-order chi connectivity index (χ1) is 7.18. The van der Waals surface area contributed by atoms with Crippen molar-refractivity contribution in [2.24, 2.45) is 0 Å². The van der Waals surface area contributed by atoms with Gasteiger partial charge in [-0.2, -0.15) is 5.10 Å². The topological polar surface area (TPSA) is 86.9 Å². The number of hydrogen-bond acceptors (Lipinski definition) is 3. The number of carbonyl (C=O) groups is 2. The molecular formula is C9H14N4O2. The van der Waals surface area contributed by atoms with Crippen LogP contribution >= 0.6 is 0 Å². The van der Waals surface area contributed by atoms with E-state index in [1.54, 1.807) is 12.3 Å². The maximum absolute atomic E-state index is 11.3. The highest BCUT2D eigenvalue weighted by Gasteiger charge is 2.02. The van der Waals surface area contributed by atoms with Crippen LogP contribution in [-0.4, -0.2) is 35.1 Å². The van der Waals surface area contributed by atoms with E-state index in [2.05, 4.69) is 20.8 Å². The van der Waals surface area contributed by atoms with Crippen LogP contribution in [0.1, 0.15) is 12.6 Å². The number of aromatic amines is 1. The molecule has 2 amide bonds. The van der Waals surface area contributed by atoms with E-state index in [0.29, 0.717) is 13.1 Å². The lowest BCUT2D eigenvalue weighted by atomic mass is 10.3. The fourth-order valence-electron chi connectivity index (χ4n) is 1.06. The van der Waals surface area contributed by atoms with Gasteiger partial charge in [0.05, 0.1) is 6.42 Å². The zero-order valence-electron chi connectivity index (χ0n) is 8.54. The predicted octanol–water partition coefficient (Wildman–Crippen LogP) is -0.795. The van der Waals surface area contributed by atoms with E-state index in [9.17, 15) is 9.59 Å². The van der Waals surface area contributed by atoms with Crippen molar-refractivity contribution in [1.82, 2.24) is 20.8 Å². The first kappa shape index (κ1) is 11.2. The van der Waals surface area contributed by atoms with Crippen molar-refractivity contribution in [3.63, 3.8) is 0 Å². The monoisotopic (exact) mass is 210 g/mol. The second-order valence-corrected chi connectivity index (χ2v) is 3.09. The fourth-order valence-corrected chi connectivity index (χ4v) is 1.06. The number of H-pyrrole nitrogens is 1. The molecule has 82 valence electrons. The van der Waals surface area contributed by atoms with Gasteiger partial charge in [-0.25, -0.2) is 0 Å². The van der Waals surface area contributed by atoms with Crippen LogP contribution < -0.4 is 10.6 Å². The van der Waals surface area contributed by atoms with Gasteiger partial charge in [-0.1, -0.05) is 0 Å². The molecule has 1 heterocycles. The summed E-state index contributed by atoms with van der Waals surface area (Å²) in [6.07, 6.45) is 1.87. The number of carbonyl (C=O) groups excluding carboxylic acids is 2. The Balaban J connectivity index is 2.11. The van der Waals surface area contributed by atoms with Crippen molar-refractivity contribution < 1.29 is 9.59 Å². The second kappa shape index (κ2) is 5.79. The normalized spacial score (nSPS) is 9.67. The van der Waals surface area contributed by atoms with Crippen LogP contribution in [-0.2, 0) is 16.0 Å². The van der Waals surface area contributed by atoms with E-state index in [1.165, 1.54) is 6.92 Å². The zero-order chi connectivity index (χ0) is 11.1. The highest BCUT2D eigenvalue weighted by Crippen LogP contribution is 1.91. The van der Waals surface area contributed by atoms with Crippen LogP contribution in [0.5, 0.6) is 0 Å². The molecule has 0 aromatic carbocycles. The summed E-state index contributed by atoms with van der Waals surface area (Å²) in [5.74, 6) is -0.192. The maximum atomic E-state index is 11.3. The summed E-state index contributed by atoms with van der Waals surface area (Å²) in [5, 5.41) is 11.7. The Bertz CT molecular complexity index is 321. The van der Waals surface area contributed by atoms with Gasteiger partial charge >= 0.3 is 0 Å². The summed E-state index contributed by atoms with van der Waals surface area (Å²) in [7, 11) is 0. The molecule has 6 nitrogen and oxygen atoms in total. The number of aromatic nitrogens is 2. The molecule has 6 heteroatoms. The molecule has 15 heavy (non-hydrogen) atoms. The van der Waals surface area contributed by atoms with Gasteiger partial charge in [-0.15, -0.1) is 0 Å². The summed E-state index contributed by atoms with van der Waals surface area (Å²) in [6, 6.07) is 1.74. The lowest BCUT2D eigenvalue weighted by Crippen LogP contribution is -2.34. The van der Waals surface area contributed by atoms with E-state index in [4.69, 9.17) is 0 Å². The quantitative estimate of drug-likeness (QED) is 0.556. The molecule has 0 radical (unpaired) electrons. The van der Waals surface area contributed by atoms with Crippen molar-refractivity contribution >= 4 is 11.8 Å². The number of nitrogens with zero attached hydrogens (tertiary/aromatic N) is 1. The SMILES string of the molecule is CC(=O)NCCNC(=O)Cc1ccn[nH]1. The van der Waals surface area contributed by atoms with Gasteiger partial charge in [-0.05, 0) is 6.07 Å². The highest BCUT2D eigenvalue weighted by molar-refractivity contribution is 5.78. The van der Waals surface area contributed by atoms with Crippen molar-refractivity contribution in [2.75, 3.05) is 13.1 Å². The lowest BCUT2D eigenvalue weighted by Gasteiger charge is -2.04. The Morgan fingerprint density at radius 2 is 2.13 bits per heavy atom. The molecule has 0 aliphatic carbocycles. The summed E-state index contributed by atoms with van der Waals surface area (Å²) in [4.78, 5) is 21.8. The van der Waals surface area contributed by atoms with Gasteiger partial charge in [0.15, 0.2) is 0 Å². The summed E-state index contributed by atoms with van der Waals surface area (Å²) in [5.41, 5.74) is 0.770. The highest BCUT2D eigenvalue weighted by atomic mass is 16.2. The molecule has 0 aliphatic heterocycles. The van der Waals surface area contributed by atoms with E-state index in [-0.39, 0.29) is 18.2 Å². The van der Waals surface area contributed by atoms with Crippen molar-refractivity contribution in [1.29, 1.82) is 0 Å². The predicted molar refractivity (Wildman–Crippen MR) is 54.0 cm³/mol. The maximum Gasteiger partial charge on any atom is 0.226 e. The largest absolute Gasteiger partial charge is 0.355 e. The standard InChI is InChI=1S/C9H14N4O2/c1-7(14)10-4-5-11-9(15)6-8-2-3-12-13-8/h2-3H,4-6H2,1H3,(H,10,14)(H,11,15)(H,12,13). The van der Waals surface area contributed by atoms with Crippen LogP contribution in [0.2, 0.25) is 0 Å². The van der Waals surface area contributed by atoms with Gasteiger partial charge in [0.1, 0.15) is 0 Å². The molecule has 0 bridgehead atoms. The van der Waals surface area contributed by atoms with Crippen molar-refractivity contribution in [2.45, 2.75) is 13.3 Å².